The van der Waals surface area contributed by atoms with Gasteiger partial charge in [0.25, 0.3) is 0 Å². The van der Waals surface area contributed by atoms with Gasteiger partial charge in [-0.2, -0.15) is 0 Å². The van der Waals surface area contributed by atoms with Gasteiger partial charge in [-0.15, -0.1) is 0 Å². The van der Waals surface area contributed by atoms with Crippen LogP contribution in [0.5, 0.6) is 5.75 Å². The Morgan fingerprint density at radius 3 is 2.41 bits per heavy atom. The topological polar surface area (TPSA) is 9.23 Å². The average molecular weight is 415 g/mol. The summed E-state index contributed by atoms with van der Waals surface area (Å²) in [5, 5.41) is 0.785. The summed E-state index contributed by atoms with van der Waals surface area (Å²) < 4.78 is 6.49. The molecule has 160 valence electrons. The van der Waals surface area contributed by atoms with Gasteiger partial charge in [-0.3, -0.25) is 0 Å². The molecule has 29 heavy (non-hydrogen) atoms. The Hall–Kier alpha value is -0.690. The minimum Gasteiger partial charge on any atom is -0.490 e. The van der Waals surface area contributed by atoms with E-state index in [9.17, 15) is 0 Å². The van der Waals surface area contributed by atoms with E-state index < -0.39 is 0 Å². The van der Waals surface area contributed by atoms with Crippen LogP contribution in [0.4, 0.5) is 0 Å². The van der Waals surface area contributed by atoms with Gasteiger partial charge >= 0.3 is 0 Å². The molecular weight excluding hydrogens is 376 g/mol. The zero-order valence-electron chi connectivity index (χ0n) is 18.8. The summed E-state index contributed by atoms with van der Waals surface area (Å²) in [6.07, 6.45) is 11.6. The van der Waals surface area contributed by atoms with Crippen LogP contribution >= 0.6 is 11.6 Å². The Morgan fingerprint density at radius 1 is 0.897 bits per heavy atom. The van der Waals surface area contributed by atoms with Crippen molar-refractivity contribution in [3.05, 3.63) is 29.3 Å². The van der Waals surface area contributed by atoms with Gasteiger partial charge in [-0.25, -0.2) is 0 Å². The molecule has 0 aromatic heterocycles. The lowest BCUT2D eigenvalue weighted by molar-refractivity contribution is -0.141. The number of benzene rings is 1. The van der Waals surface area contributed by atoms with Crippen LogP contribution in [0.2, 0.25) is 5.02 Å². The summed E-state index contributed by atoms with van der Waals surface area (Å²) in [6, 6.07) is 7.97. The molecule has 1 unspecified atom stereocenters. The molecule has 0 bridgehead atoms. The van der Waals surface area contributed by atoms with Crippen molar-refractivity contribution in [2.45, 2.75) is 85.2 Å². The molecule has 9 atom stereocenters. The third-order valence-corrected chi connectivity index (χ3v) is 10.5. The Bertz CT molecular complexity index is 743. The summed E-state index contributed by atoms with van der Waals surface area (Å²) in [5.41, 5.74) is 1.06. The molecule has 1 nitrogen and oxygen atoms in total. The van der Waals surface area contributed by atoms with E-state index in [1.807, 2.05) is 24.3 Å². The first-order valence-electron chi connectivity index (χ1n) is 12.2. The van der Waals surface area contributed by atoms with E-state index in [1.165, 1.54) is 51.4 Å². The molecule has 0 amide bonds. The molecule has 0 aliphatic heterocycles. The van der Waals surface area contributed by atoms with Crippen molar-refractivity contribution in [3.8, 4) is 5.75 Å². The van der Waals surface area contributed by atoms with E-state index in [0.29, 0.717) is 16.9 Å². The second-order valence-corrected chi connectivity index (χ2v) is 12.2. The number of halogens is 1. The normalized spacial score (nSPS) is 49.1. The molecule has 0 saturated heterocycles. The third kappa shape index (κ3) is 3.26. The lowest BCUT2D eigenvalue weighted by atomic mass is 9.42. The molecule has 4 fully saturated rings. The maximum Gasteiger partial charge on any atom is 0.119 e. The van der Waals surface area contributed by atoms with Crippen molar-refractivity contribution >= 4 is 11.6 Å². The molecule has 5 rings (SSSR count). The molecule has 1 aromatic rings. The van der Waals surface area contributed by atoms with E-state index in [-0.39, 0.29) is 0 Å². The molecule has 2 heteroatoms. The highest BCUT2D eigenvalue weighted by molar-refractivity contribution is 6.30. The fraction of sp³-hybridized carbons (Fsp3) is 0.778. The van der Waals surface area contributed by atoms with E-state index >= 15 is 0 Å². The van der Waals surface area contributed by atoms with Crippen LogP contribution in [-0.4, -0.2) is 6.10 Å². The SMILES string of the molecule is CC1CCC[C@@]2(C)[C@H]1C[C@H](C)[C@H]1[C@@H]3C[C@H](Oc4ccc(Cl)cc4)C[C@@]3(C)CC[C@@H]12. The van der Waals surface area contributed by atoms with Gasteiger partial charge < -0.3 is 4.74 Å². The fourth-order valence-corrected chi connectivity index (χ4v) is 9.03. The Labute approximate surface area is 182 Å². The van der Waals surface area contributed by atoms with E-state index in [2.05, 4.69) is 27.7 Å². The van der Waals surface area contributed by atoms with Crippen molar-refractivity contribution in [2.75, 3.05) is 0 Å². The first kappa shape index (κ1) is 20.2. The molecule has 4 aliphatic rings. The Morgan fingerprint density at radius 2 is 1.66 bits per heavy atom. The Kier molecular flexibility index (Phi) is 5.01. The predicted molar refractivity (Wildman–Crippen MR) is 121 cm³/mol. The standard InChI is InChI=1S/C27H39ClO/c1-17-6-5-12-27(4)22-11-13-26(3)16-21(29-20-9-7-19(28)8-10-20)15-24(26)25(22)18(2)14-23(17)27/h7-10,17-18,21-25H,5-6,11-16H2,1-4H3/t17?,18-,21-,22-,23-,24-,25+,26+,27+/m0/s1. The largest absolute Gasteiger partial charge is 0.490 e. The molecule has 4 saturated carbocycles. The van der Waals surface area contributed by atoms with Crippen molar-refractivity contribution in [3.63, 3.8) is 0 Å². The second kappa shape index (κ2) is 7.18. The van der Waals surface area contributed by atoms with Crippen LogP contribution in [0.1, 0.15) is 79.1 Å². The number of rotatable bonds is 2. The van der Waals surface area contributed by atoms with Gasteiger partial charge in [0.2, 0.25) is 0 Å². The minimum absolute atomic E-state index is 0.368. The maximum atomic E-state index is 6.49. The molecule has 0 radical (unpaired) electrons. The van der Waals surface area contributed by atoms with Gasteiger partial charge in [-0.05, 0) is 109 Å². The molecule has 4 aliphatic carbocycles. The lowest BCUT2D eigenvalue weighted by Gasteiger charge is -2.63. The van der Waals surface area contributed by atoms with Gasteiger partial charge in [0.15, 0.2) is 0 Å². The van der Waals surface area contributed by atoms with Crippen LogP contribution in [0.25, 0.3) is 0 Å². The van der Waals surface area contributed by atoms with E-state index in [0.717, 1.165) is 46.3 Å². The Balaban J connectivity index is 1.39. The third-order valence-electron chi connectivity index (χ3n) is 10.2. The smallest absolute Gasteiger partial charge is 0.119 e. The summed E-state index contributed by atoms with van der Waals surface area (Å²) >= 11 is 6.07. The van der Waals surface area contributed by atoms with Crippen molar-refractivity contribution in [1.29, 1.82) is 0 Å². The summed E-state index contributed by atoms with van der Waals surface area (Å²) in [4.78, 5) is 0. The average Bonchev–Trinajstić information content (AvgIpc) is 3.01. The highest BCUT2D eigenvalue weighted by Crippen LogP contribution is 2.68. The summed E-state index contributed by atoms with van der Waals surface area (Å²) in [7, 11) is 0. The number of hydrogen-bond acceptors (Lipinski definition) is 1. The summed E-state index contributed by atoms with van der Waals surface area (Å²) in [6.45, 7) is 10.4. The van der Waals surface area contributed by atoms with Crippen molar-refractivity contribution < 1.29 is 4.74 Å². The quantitative estimate of drug-likeness (QED) is 0.476. The minimum atomic E-state index is 0.368. The van der Waals surface area contributed by atoms with E-state index in [1.54, 1.807) is 0 Å². The van der Waals surface area contributed by atoms with Gasteiger partial charge in [0.1, 0.15) is 5.75 Å². The highest BCUT2D eigenvalue weighted by atomic mass is 35.5. The van der Waals surface area contributed by atoms with Crippen LogP contribution < -0.4 is 4.74 Å². The van der Waals surface area contributed by atoms with Crippen molar-refractivity contribution in [1.82, 2.24) is 0 Å². The predicted octanol–water partition coefficient (Wildman–Crippen LogP) is 8.01. The zero-order chi connectivity index (χ0) is 20.4. The number of ether oxygens (including phenoxy) is 1. The van der Waals surface area contributed by atoms with E-state index in [4.69, 9.17) is 16.3 Å². The maximum absolute atomic E-state index is 6.49. The van der Waals surface area contributed by atoms with Gasteiger partial charge in [0.05, 0.1) is 6.10 Å². The van der Waals surface area contributed by atoms with Gasteiger partial charge in [-0.1, -0.05) is 52.1 Å². The van der Waals surface area contributed by atoms with Gasteiger partial charge in [0, 0.05) is 5.02 Å². The monoisotopic (exact) mass is 414 g/mol. The molecular formula is C27H39ClO. The van der Waals surface area contributed by atoms with Crippen LogP contribution in [0.15, 0.2) is 24.3 Å². The zero-order valence-corrected chi connectivity index (χ0v) is 19.5. The lowest BCUT2D eigenvalue weighted by Crippen LogP contribution is -2.56. The second-order valence-electron chi connectivity index (χ2n) is 11.8. The molecule has 1 aromatic carbocycles. The van der Waals surface area contributed by atoms with Crippen LogP contribution in [0.3, 0.4) is 0 Å². The number of fused-ring (bicyclic) bond motifs is 5. The molecule has 0 spiro atoms. The summed E-state index contributed by atoms with van der Waals surface area (Å²) in [5.74, 6) is 6.42. The van der Waals surface area contributed by atoms with Crippen LogP contribution in [-0.2, 0) is 0 Å². The fourth-order valence-electron chi connectivity index (χ4n) is 8.91. The van der Waals surface area contributed by atoms with Crippen molar-refractivity contribution in [2.24, 2.45) is 46.3 Å². The highest BCUT2D eigenvalue weighted by Gasteiger charge is 2.61. The first-order chi connectivity index (χ1) is 13.8. The number of hydrogen-bond donors (Lipinski definition) is 0. The molecule has 0 heterocycles. The first-order valence-corrected chi connectivity index (χ1v) is 12.6. The molecule has 0 N–H and O–H groups in total. The van der Waals surface area contributed by atoms with Crippen LogP contribution in [0, 0.1) is 46.3 Å².